The highest BCUT2D eigenvalue weighted by atomic mass is 16.5. The summed E-state index contributed by atoms with van der Waals surface area (Å²) < 4.78 is 7.59. The summed E-state index contributed by atoms with van der Waals surface area (Å²) >= 11 is 0. The summed E-state index contributed by atoms with van der Waals surface area (Å²) in [6.07, 6.45) is 3.05. The lowest BCUT2D eigenvalue weighted by molar-refractivity contribution is 0.0277. The summed E-state index contributed by atoms with van der Waals surface area (Å²) in [5.41, 5.74) is 3.63. The number of nitrogens with zero attached hydrogens (tertiary/aromatic N) is 2. The molecular formula is C15H19N3O. The first-order chi connectivity index (χ1) is 9.31. The zero-order chi connectivity index (χ0) is 13.1. The maximum absolute atomic E-state index is 5.75. The molecule has 1 saturated heterocycles. The highest BCUT2D eigenvalue weighted by molar-refractivity contribution is 5.27. The topological polar surface area (TPSA) is 39.1 Å². The zero-order valence-corrected chi connectivity index (χ0v) is 11.2. The molecule has 1 aromatic heterocycles. The highest BCUT2D eigenvalue weighted by Crippen LogP contribution is 2.19. The fraction of sp³-hybridized carbons (Fsp3) is 0.400. The van der Waals surface area contributed by atoms with Crippen molar-refractivity contribution in [2.75, 3.05) is 19.7 Å². The first-order valence-electron chi connectivity index (χ1n) is 6.71. The summed E-state index contributed by atoms with van der Waals surface area (Å²) in [4.78, 5) is 0. The van der Waals surface area contributed by atoms with Gasteiger partial charge < -0.3 is 10.1 Å². The highest BCUT2D eigenvalue weighted by Gasteiger charge is 2.15. The van der Waals surface area contributed by atoms with Crippen molar-refractivity contribution in [1.29, 1.82) is 0 Å². The van der Waals surface area contributed by atoms with Crippen LogP contribution in [0.3, 0.4) is 0 Å². The third-order valence-electron chi connectivity index (χ3n) is 3.43. The Morgan fingerprint density at radius 3 is 2.79 bits per heavy atom. The second kappa shape index (κ2) is 5.55. The van der Waals surface area contributed by atoms with E-state index in [2.05, 4.69) is 40.7 Å². The summed E-state index contributed by atoms with van der Waals surface area (Å²) in [5.74, 6) is 0. The van der Waals surface area contributed by atoms with Crippen LogP contribution in [0.15, 0.2) is 36.5 Å². The van der Waals surface area contributed by atoms with Gasteiger partial charge >= 0.3 is 0 Å². The molecule has 2 aromatic rings. The molecule has 100 valence electrons. The van der Waals surface area contributed by atoms with Crippen LogP contribution in [0.5, 0.6) is 0 Å². The predicted octanol–water partition coefficient (Wildman–Crippen LogP) is 1.67. The van der Waals surface area contributed by atoms with Gasteiger partial charge in [-0.3, -0.25) is 4.68 Å². The minimum atomic E-state index is 0.192. The average Bonchev–Trinajstić information content (AvgIpc) is 2.86. The lowest BCUT2D eigenvalue weighted by Crippen LogP contribution is -2.33. The quantitative estimate of drug-likeness (QED) is 0.909. The monoisotopic (exact) mass is 257 g/mol. The molecule has 0 bridgehead atoms. The van der Waals surface area contributed by atoms with E-state index in [1.165, 1.54) is 11.1 Å². The van der Waals surface area contributed by atoms with Gasteiger partial charge in [-0.05, 0) is 17.2 Å². The Balaban J connectivity index is 1.68. The average molecular weight is 257 g/mol. The van der Waals surface area contributed by atoms with Crippen LogP contribution >= 0.6 is 0 Å². The maximum atomic E-state index is 5.75. The van der Waals surface area contributed by atoms with Crippen LogP contribution in [0.2, 0.25) is 0 Å². The second-order valence-corrected chi connectivity index (χ2v) is 4.96. The molecule has 1 atom stereocenters. The fourth-order valence-electron chi connectivity index (χ4n) is 2.40. The standard InChI is InChI=1S/C15H19N3O/c1-18-8-6-14(17-18)10-12-2-4-13(5-3-12)15-11-16-7-9-19-15/h2-6,8,15-16H,7,9-11H2,1H3. The van der Waals surface area contributed by atoms with Crippen molar-refractivity contribution in [3.8, 4) is 0 Å². The molecule has 19 heavy (non-hydrogen) atoms. The number of ether oxygens (including phenoxy) is 1. The number of morpholine rings is 1. The molecule has 0 saturated carbocycles. The van der Waals surface area contributed by atoms with Crippen molar-refractivity contribution in [3.63, 3.8) is 0 Å². The Morgan fingerprint density at radius 2 is 2.16 bits per heavy atom. The Bertz CT molecular complexity index is 527. The molecular weight excluding hydrogens is 238 g/mol. The van der Waals surface area contributed by atoms with E-state index >= 15 is 0 Å². The van der Waals surface area contributed by atoms with Gasteiger partial charge in [0.1, 0.15) is 0 Å². The van der Waals surface area contributed by atoms with E-state index in [9.17, 15) is 0 Å². The SMILES string of the molecule is Cn1ccc(Cc2ccc(C3CNCCO3)cc2)n1. The van der Waals surface area contributed by atoms with E-state index in [4.69, 9.17) is 4.74 Å². The lowest BCUT2D eigenvalue weighted by atomic mass is 10.0. The smallest absolute Gasteiger partial charge is 0.0949 e. The largest absolute Gasteiger partial charge is 0.371 e. The maximum Gasteiger partial charge on any atom is 0.0949 e. The van der Waals surface area contributed by atoms with Crippen LogP contribution < -0.4 is 5.32 Å². The molecule has 1 aliphatic rings. The molecule has 1 unspecified atom stereocenters. The summed E-state index contributed by atoms with van der Waals surface area (Å²) in [6.45, 7) is 2.65. The van der Waals surface area contributed by atoms with Crippen molar-refractivity contribution in [3.05, 3.63) is 53.3 Å². The van der Waals surface area contributed by atoms with Crippen LogP contribution in [0.4, 0.5) is 0 Å². The van der Waals surface area contributed by atoms with E-state index in [-0.39, 0.29) is 6.10 Å². The molecule has 1 aromatic carbocycles. The first kappa shape index (κ1) is 12.4. The van der Waals surface area contributed by atoms with E-state index in [0.29, 0.717) is 0 Å². The molecule has 2 heterocycles. The lowest BCUT2D eigenvalue weighted by Gasteiger charge is -2.24. The molecule has 1 aliphatic heterocycles. The molecule has 4 heteroatoms. The molecule has 3 rings (SSSR count). The van der Waals surface area contributed by atoms with Crippen molar-refractivity contribution < 1.29 is 4.74 Å². The Morgan fingerprint density at radius 1 is 1.32 bits per heavy atom. The molecule has 0 aliphatic carbocycles. The Kier molecular flexibility index (Phi) is 3.62. The van der Waals surface area contributed by atoms with Gasteiger partial charge in [0.05, 0.1) is 18.4 Å². The number of benzene rings is 1. The fourth-order valence-corrected chi connectivity index (χ4v) is 2.40. The van der Waals surface area contributed by atoms with Gasteiger partial charge in [-0.15, -0.1) is 0 Å². The number of nitrogens with one attached hydrogen (secondary N) is 1. The van der Waals surface area contributed by atoms with Crippen LogP contribution in [-0.2, 0) is 18.2 Å². The summed E-state index contributed by atoms with van der Waals surface area (Å²) in [5, 5.41) is 7.75. The molecule has 1 N–H and O–H groups in total. The van der Waals surface area contributed by atoms with Gasteiger partial charge in [-0.1, -0.05) is 24.3 Å². The van der Waals surface area contributed by atoms with E-state index in [1.54, 1.807) is 0 Å². The van der Waals surface area contributed by atoms with E-state index in [1.807, 2.05) is 17.9 Å². The van der Waals surface area contributed by atoms with Gasteiger partial charge in [-0.2, -0.15) is 5.10 Å². The number of aryl methyl sites for hydroxylation is 1. The predicted molar refractivity (Wildman–Crippen MR) is 74.0 cm³/mol. The van der Waals surface area contributed by atoms with E-state index in [0.717, 1.165) is 31.8 Å². The van der Waals surface area contributed by atoms with Gasteiger partial charge in [0.2, 0.25) is 0 Å². The number of rotatable bonds is 3. The van der Waals surface area contributed by atoms with Crippen molar-refractivity contribution >= 4 is 0 Å². The molecule has 0 spiro atoms. The Hall–Kier alpha value is -1.65. The normalized spacial score (nSPS) is 19.5. The number of aromatic nitrogens is 2. The van der Waals surface area contributed by atoms with Crippen molar-refractivity contribution in [2.24, 2.45) is 7.05 Å². The molecule has 1 fully saturated rings. The van der Waals surface area contributed by atoms with Gasteiger partial charge in [0, 0.05) is 32.8 Å². The van der Waals surface area contributed by atoms with E-state index < -0.39 is 0 Å². The van der Waals surface area contributed by atoms with Crippen molar-refractivity contribution in [2.45, 2.75) is 12.5 Å². The number of hydrogen-bond acceptors (Lipinski definition) is 3. The van der Waals surface area contributed by atoms with Crippen LogP contribution in [-0.4, -0.2) is 29.5 Å². The van der Waals surface area contributed by atoms with Gasteiger partial charge in [0.25, 0.3) is 0 Å². The van der Waals surface area contributed by atoms with Gasteiger partial charge in [0.15, 0.2) is 0 Å². The second-order valence-electron chi connectivity index (χ2n) is 4.96. The van der Waals surface area contributed by atoms with Crippen LogP contribution in [0.1, 0.15) is 22.9 Å². The summed E-state index contributed by atoms with van der Waals surface area (Å²) in [7, 11) is 1.94. The van der Waals surface area contributed by atoms with Crippen molar-refractivity contribution in [1.82, 2.24) is 15.1 Å². The molecule has 0 amide bonds. The third kappa shape index (κ3) is 3.03. The van der Waals surface area contributed by atoms with Crippen LogP contribution in [0, 0.1) is 0 Å². The zero-order valence-electron chi connectivity index (χ0n) is 11.2. The molecule has 4 nitrogen and oxygen atoms in total. The van der Waals surface area contributed by atoms with Gasteiger partial charge in [-0.25, -0.2) is 0 Å². The minimum absolute atomic E-state index is 0.192. The Labute approximate surface area is 113 Å². The van der Waals surface area contributed by atoms with Crippen LogP contribution in [0.25, 0.3) is 0 Å². The number of hydrogen-bond donors (Lipinski definition) is 1. The first-order valence-corrected chi connectivity index (χ1v) is 6.71. The third-order valence-corrected chi connectivity index (χ3v) is 3.43. The molecule has 0 radical (unpaired) electrons. The summed E-state index contributed by atoms with van der Waals surface area (Å²) in [6, 6.07) is 10.7. The minimum Gasteiger partial charge on any atom is -0.371 e.